The van der Waals surface area contributed by atoms with E-state index in [1.54, 1.807) is 20.4 Å². The van der Waals surface area contributed by atoms with Gasteiger partial charge in [0.25, 0.3) is 0 Å². The molecule has 172 valence electrons. The Morgan fingerprint density at radius 1 is 0.941 bits per heavy atom. The third-order valence-electron chi connectivity index (χ3n) is 5.97. The summed E-state index contributed by atoms with van der Waals surface area (Å²) in [7, 11) is 3.31. The molecular formula is C26H25N5O2S. The lowest BCUT2D eigenvalue weighted by atomic mass is 10.0. The Hall–Kier alpha value is -3.91. The molecule has 1 N–H and O–H groups in total. The number of benzene rings is 1. The number of nitrogens with one attached hydrogen (secondary N) is 1. The molecule has 1 saturated heterocycles. The molecule has 8 heteroatoms. The predicted molar refractivity (Wildman–Crippen MR) is 135 cm³/mol. The summed E-state index contributed by atoms with van der Waals surface area (Å²) in [5.74, 6) is 1.43. The third-order valence-corrected chi connectivity index (χ3v) is 6.28. The summed E-state index contributed by atoms with van der Waals surface area (Å²) < 4.78 is 13.4. The molecule has 1 aliphatic rings. The van der Waals surface area contributed by atoms with E-state index in [-0.39, 0.29) is 12.1 Å². The van der Waals surface area contributed by atoms with Crippen LogP contribution in [0.25, 0.3) is 0 Å². The SMILES string of the molecule is COc1ccc(OC)c(N2C(=S)NC(c3ccccn3)C2c2cccn2Cc2ccccn2)c1. The van der Waals surface area contributed by atoms with E-state index in [0.717, 1.165) is 28.5 Å². The van der Waals surface area contributed by atoms with Gasteiger partial charge in [0.2, 0.25) is 0 Å². The Balaban J connectivity index is 1.64. The van der Waals surface area contributed by atoms with Crippen molar-refractivity contribution in [1.82, 2.24) is 19.9 Å². The van der Waals surface area contributed by atoms with Crippen molar-refractivity contribution in [2.24, 2.45) is 0 Å². The highest BCUT2D eigenvalue weighted by atomic mass is 32.1. The summed E-state index contributed by atoms with van der Waals surface area (Å²) in [6.07, 6.45) is 5.69. The Morgan fingerprint density at radius 2 is 1.76 bits per heavy atom. The van der Waals surface area contributed by atoms with E-state index < -0.39 is 0 Å². The van der Waals surface area contributed by atoms with Gasteiger partial charge in [-0.2, -0.15) is 0 Å². The van der Waals surface area contributed by atoms with Crippen LogP contribution in [-0.2, 0) is 6.54 Å². The van der Waals surface area contributed by atoms with Gasteiger partial charge in [-0.3, -0.25) is 9.97 Å². The van der Waals surface area contributed by atoms with Gasteiger partial charge in [-0.15, -0.1) is 0 Å². The topological polar surface area (TPSA) is 64.4 Å². The summed E-state index contributed by atoms with van der Waals surface area (Å²) in [6, 6.07) is 21.4. The molecule has 1 aromatic carbocycles. The average molecular weight is 472 g/mol. The smallest absolute Gasteiger partial charge is 0.174 e. The van der Waals surface area contributed by atoms with Gasteiger partial charge in [-0.25, -0.2) is 0 Å². The number of thiocarbonyl (C=S) groups is 1. The molecule has 7 nitrogen and oxygen atoms in total. The van der Waals surface area contributed by atoms with Crippen LogP contribution in [0.4, 0.5) is 5.69 Å². The van der Waals surface area contributed by atoms with Crippen LogP contribution in [0, 0.1) is 0 Å². The number of hydrogen-bond donors (Lipinski definition) is 1. The highest BCUT2D eigenvalue weighted by molar-refractivity contribution is 7.80. The standard InChI is InChI=1S/C26H25N5O2S/c1-32-19-11-12-23(33-2)22(16-19)31-25(24(29-26(31)34)20-9-4-6-14-28-20)21-10-7-15-30(21)17-18-8-3-5-13-27-18/h3-16,24-25H,17H2,1-2H3,(H,29,34). The second kappa shape index (κ2) is 9.52. The van der Waals surface area contributed by atoms with Crippen molar-refractivity contribution >= 4 is 23.0 Å². The number of anilines is 1. The average Bonchev–Trinajstić information content (AvgIpc) is 3.48. The summed E-state index contributed by atoms with van der Waals surface area (Å²) >= 11 is 5.88. The maximum atomic E-state index is 5.88. The quantitative estimate of drug-likeness (QED) is 0.398. The Morgan fingerprint density at radius 3 is 2.47 bits per heavy atom. The monoisotopic (exact) mass is 471 g/mol. The van der Waals surface area contributed by atoms with Gasteiger partial charge in [-0.1, -0.05) is 12.1 Å². The van der Waals surface area contributed by atoms with E-state index >= 15 is 0 Å². The molecule has 2 unspecified atom stereocenters. The first kappa shape index (κ1) is 21.9. The molecule has 4 aromatic rings. The largest absolute Gasteiger partial charge is 0.497 e. The molecule has 34 heavy (non-hydrogen) atoms. The normalized spacial score (nSPS) is 17.5. The summed E-state index contributed by atoms with van der Waals surface area (Å²) in [5, 5.41) is 4.10. The molecule has 0 radical (unpaired) electrons. The Kier molecular flexibility index (Phi) is 6.14. The molecular weight excluding hydrogens is 446 g/mol. The van der Waals surface area contributed by atoms with E-state index in [9.17, 15) is 0 Å². The molecule has 2 atom stereocenters. The minimum atomic E-state index is -0.179. The molecule has 1 fully saturated rings. The van der Waals surface area contributed by atoms with E-state index in [4.69, 9.17) is 21.7 Å². The number of hydrogen-bond acceptors (Lipinski definition) is 5. The molecule has 0 bridgehead atoms. The lowest BCUT2D eigenvalue weighted by molar-refractivity contribution is 0.402. The first-order valence-corrected chi connectivity index (χ1v) is 11.4. The van der Waals surface area contributed by atoms with Crippen molar-refractivity contribution in [1.29, 1.82) is 0 Å². The van der Waals surface area contributed by atoms with E-state index in [0.29, 0.717) is 17.4 Å². The first-order chi connectivity index (χ1) is 16.7. The zero-order chi connectivity index (χ0) is 23.5. The molecule has 0 spiro atoms. The van der Waals surface area contributed by atoms with Crippen molar-refractivity contribution in [2.45, 2.75) is 18.6 Å². The van der Waals surface area contributed by atoms with E-state index in [1.165, 1.54) is 0 Å². The number of nitrogens with zero attached hydrogens (tertiary/aromatic N) is 4. The van der Waals surface area contributed by atoms with Gasteiger partial charge >= 0.3 is 0 Å². The Bertz CT molecular complexity index is 1280. The van der Waals surface area contributed by atoms with Gasteiger partial charge in [0.15, 0.2) is 5.11 Å². The highest BCUT2D eigenvalue weighted by Gasteiger charge is 2.43. The van der Waals surface area contributed by atoms with Gasteiger partial charge in [0.1, 0.15) is 17.5 Å². The fraction of sp³-hybridized carbons (Fsp3) is 0.192. The molecule has 0 amide bonds. The van der Waals surface area contributed by atoms with E-state index in [2.05, 4.69) is 43.1 Å². The number of pyridine rings is 2. The molecule has 3 aromatic heterocycles. The fourth-order valence-corrected chi connectivity index (χ4v) is 4.74. The highest BCUT2D eigenvalue weighted by Crippen LogP contribution is 2.45. The second-order valence-corrected chi connectivity index (χ2v) is 8.30. The molecule has 5 rings (SSSR count). The predicted octanol–water partition coefficient (Wildman–Crippen LogP) is 4.52. The van der Waals surface area contributed by atoms with Gasteiger partial charge in [-0.05, 0) is 60.7 Å². The van der Waals surface area contributed by atoms with Crippen molar-refractivity contribution < 1.29 is 9.47 Å². The Labute approximate surface area is 204 Å². The van der Waals surface area contributed by atoms with Crippen LogP contribution in [0.3, 0.4) is 0 Å². The summed E-state index contributed by atoms with van der Waals surface area (Å²) in [6.45, 7) is 0.643. The molecule has 1 aliphatic heterocycles. The van der Waals surface area contributed by atoms with Crippen LogP contribution < -0.4 is 19.7 Å². The fourth-order valence-electron chi connectivity index (χ4n) is 4.41. The zero-order valence-corrected chi connectivity index (χ0v) is 19.8. The maximum absolute atomic E-state index is 5.88. The van der Waals surface area contributed by atoms with Crippen LogP contribution in [-0.4, -0.2) is 33.9 Å². The van der Waals surface area contributed by atoms with E-state index in [1.807, 2.05) is 60.8 Å². The minimum absolute atomic E-state index is 0.165. The lowest BCUT2D eigenvalue weighted by Crippen LogP contribution is -2.31. The van der Waals surface area contributed by atoms with Gasteiger partial charge in [0.05, 0.1) is 43.9 Å². The van der Waals surface area contributed by atoms with Crippen molar-refractivity contribution in [3.63, 3.8) is 0 Å². The molecule has 4 heterocycles. The van der Waals surface area contributed by atoms with Gasteiger partial charge < -0.3 is 24.3 Å². The second-order valence-electron chi connectivity index (χ2n) is 7.92. The summed E-state index contributed by atoms with van der Waals surface area (Å²) in [5.41, 5.74) is 3.80. The zero-order valence-electron chi connectivity index (χ0n) is 19.0. The first-order valence-electron chi connectivity index (χ1n) is 11.0. The van der Waals surface area contributed by atoms with Crippen molar-refractivity contribution in [3.05, 3.63) is 102 Å². The number of methoxy groups -OCH3 is 2. The van der Waals surface area contributed by atoms with Crippen LogP contribution in [0.15, 0.2) is 85.3 Å². The molecule has 0 aliphatic carbocycles. The summed E-state index contributed by atoms with van der Waals surface area (Å²) in [4.78, 5) is 11.3. The van der Waals surface area contributed by atoms with Crippen LogP contribution in [0.1, 0.15) is 29.2 Å². The number of ether oxygens (including phenoxy) is 2. The molecule has 0 saturated carbocycles. The maximum Gasteiger partial charge on any atom is 0.174 e. The van der Waals surface area contributed by atoms with Crippen LogP contribution in [0.2, 0.25) is 0 Å². The third kappa shape index (κ3) is 4.08. The number of aromatic nitrogens is 3. The van der Waals surface area contributed by atoms with Crippen molar-refractivity contribution in [2.75, 3.05) is 19.1 Å². The number of rotatable bonds is 7. The lowest BCUT2D eigenvalue weighted by Gasteiger charge is -2.30. The van der Waals surface area contributed by atoms with Crippen LogP contribution in [0.5, 0.6) is 11.5 Å². The van der Waals surface area contributed by atoms with Gasteiger partial charge in [0, 0.05) is 30.4 Å². The van der Waals surface area contributed by atoms with Crippen LogP contribution >= 0.6 is 12.2 Å². The minimum Gasteiger partial charge on any atom is -0.497 e. The van der Waals surface area contributed by atoms with Crippen molar-refractivity contribution in [3.8, 4) is 11.5 Å².